The lowest BCUT2D eigenvalue weighted by Crippen LogP contribution is -2.50. The van der Waals surface area contributed by atoms with Gasteiger partial charge >= 0.3 is 0 Å². The van der Waals surface area contributed by atoms with Gasteiger partial charge in [-0.05, 0) is 54.8 Å². The molecule has 1 aliphatic heterocycles. The molecule has 0 spiro atoms. The summed E-state index contributed by atoms with van der Waals surface area (Å²) in [5, 5.41) is 13.4. The molecule has 1 heterocycles. The van der Waals surface area contributed by atoms with Gasteiger partial charge in [-0.25, -0.2) is 4.39 Å². The zero-order valence-corrected chi connectivity index (χ0v) is 20.6. The van der Waals surface area contributed by atoms with E-state index in [1.165, 1.54) is 17.7 Å². The van der Waals surface area contributed by atoms with Crippen LogP contribution in [0.25, 0.3) is 0 Å². The number of aliphatic hydroxyl groups is 1. The van der Waals surface area contributed by atoms with E-state index in [0.29, 0.717) is 32.6 Å². The number of piperazine rings is 1. The highest BCUT2D eigenvalue weighted by molar-refractivity contribution is 6.31. The first kappa shape index (κ1) is 25.7. The Morgan fingerprint density at radius 3 is 2.33 bits per heavy atom. The normalized spacial score (nSPS) is 14.4. The van der Waals surface area contributed by atoms with Crippen molar-refractivity contribution in [1.82, 2.24) is 4.90 Å². The van der Waals surface area contributed by atoms with Gasteiger partial charge in [0.15, 0.2) is 6.10 Å². The molecule has 3 aromatic carbocycles. The minimum absolute atomic E-state index is 0.00868. The zero-order valence-electron chi connectivity index (χ0n) is 19.9. The molecule has 1 atom stereocenters. The summed E-state index contributed by atoms with van der Waals surface area (Å²) in [5.41, 5.74) is 3.16. The molecule has 0 aromatic heterocycles. The molecule has 188 valence electrons. The summed E-state index contributed by atoms with van der Waals surface area (Å²) in [7, 11) is 0. The Kier molecular flexibility index (Phi) is 8.57. The number of halogens is 2. The van der Waals surface area contributed by atoms with Crippen LogP contribution in [0.3, 0.4) is 0 Å². The van der Waals surface area contributed by atoms with Crippen LogP contribution in [-0.4, -0.2) is 48.0 Å². The van der Waals surface area contributed by atoms with Gasteiger partial charge in [-0.1, -0.05) is 48.0 Å². The monoisotopic (exact) mass is 509 g/mol. The Labute approximate surface area is 215 Å². The van der Waals surface area contributed by atoms with E-state index in [1.807, 2.05) is 42.5 Å². The molecule has 0 aliphatic carbocycles. The molecule has 1 aliphatic rings. The van der Waals surface area contributed by atoms with Gasteiger partial charge in [0.1, 0.15) is 5.82 Å². The number of nitrogens with zero attached hydrogens (tertiary/aromatic N) is 2. The van der Waals surface area contributed by atoms with Crippen molar-refractivity contribution in [1.29, 1.82) is 0 Å². The van der Waals surface area contributed by atoms with Gasteiger partial charge in [0.25, 0.3) is 5.91 Å². The van der Waals surface area contributed by atoms with Crippen LogP contribution in [0.4, 0.5) is 15.8 Å². The molecule has 8 heteroatoms. The maximum absolute atomic E-state index is 13.3. The smallest absolute Gasteiger partial charge is 0.256 e. The summed E-state index contributed by atoms with van der Waals surface area (Å²) in [6, 6.07) is 21.4. The molecule has 36 heavy (non-hydrogen) atoms. The summed E-state index contributed by atoms with van der Waals surface area (Å²) in [5.74, 6) is -0.982. The van der Waals surface area contributed by atoms with Gasteiger partial charge < -0.3 is 20.2 Å². The van der Waals surface area contributed by atoms with Crippen LogP contribution in [-0.2, 0) is 16.0 Å². The molecule has 0 saturated carbocycles. The summed E-state index contributed by atoms with van der Waals surface area (Å²) in [4.78, 5) is 28.8. The topological polar surface area (TPSA) is 72.9 Å². The number of aliphatic hydroxyl groups excluding tert-OH is 1. The SMILES string of the molecule is O=C(CCCc1ccccc1)Nc1ccc(N2CCN(C(=O)C(O)c3ccc(F)cc3Cl)CC2)cc1. The maximum Gasteiger partial charge on any atom is 0.256 e. The lowest BCUT2D eigenvalue weighted by molar-refractivity contribution is -0.140. The molecule has 4 rings (SSSR count). The van der Waals surface area contributed by atoms with Crippen LogP contribution in [0, 0.1) is 5.82 Å². The number of hydrogen-bond donors (Lipinski definition) is 2. The lowest BCUT2D eigenvalue weighted by Gasteiger charge is -2.37. The average Bonchev–Trinajstić information content (AvgIpc) is 2.89. The average molecular weight is 510 g/mol. The highest BCUT2D eigenvalue weighted by Crippen LogP contribution is 2.26. The van der Waals surface area contributed by atoms with Crippen LogP contribution < -0.4 is 10.2 Å². The third kappa shape index (κ3) is 6.62. The number of benzene rings is 3. The van der Waals surface area contributed by atoms with Crippen LogP contribution in [0.1, 0.15) is 30.1 Å². The quantitative estimate of drug-likeness (QED) is 0.456. The molecular weight excluding hydrogens is 481 g/mol. The third-order valence-corrected chi connectivity index (χ3v) is 6.64. The van der Waals surface area contributed by atoms with Crippen LogP contribution in [0.15, 0.2) is 72.8 Å². The Morgan fingerprint density at radius 2 is 1.67 bits per heavy atom. The summed E-state index contributed by atoms with van der Waals surface area (Å²) < 4.78 is 13.3. The van der Waals surface area contributed by atoms with Gasteiger partial charge in [-0.15, -0.1) is 0 Å². The molecule has 1 saturated heterocycles. The molecular formula is C28H29ClFN3O3. The molecule has 0 bridgehead atoms. The van der Waals surface area contributed by atoms with Crippen molar-refractivity contribution in [2.75, 3.05) is 36.4 Å². The van der Waals surface area contributed by atoms with E-state index in [4.69, 9.17) is 11.6 Å². The van der Waals surface area contributed by atoms with E-state index >= 15 is 0 Å². The van der Waals surface area contributed by atoms with E-state index in [0.717, 1.165) is 30.3 Å². The van der Waals surface area contributed by atoms with Crippen molar-refractivity contribution < 1.29 is 19.1 Å². The first-order valence-corrected chi connectivity index (χ1v) is 12.4. The minimum Gasteiger partial charge on any atom is -0.378 e. The second kappa shape index (κ2) is 12.0. The van der Waals surface area contributed by atoms with Gasteiger partial charge in [-0.2, -0.15) is 0 Å². The second-order valence-electron chi connectivity index (χ2n) is 8.81. The van der Waals surface area contributed by atoms with Crippen molar-refractivity contribution in [2.24, 2.45) is 0 Å². The number of amides is 2. The van der Waals surface area contributed by atoms with E-state index in [-0.39, 0.29) is 16.5 Å². The first-order valence-electron chi connectivity index (χ1n) is 12.0. The minimum atomic E-state index is -1.43. The number of hydrogen-bond acceptors (Lipinski definition) is 4. The molecule has 2 amide bonds. The fourth-order valence-electron chi connectivity index (χ4n) is 4.29. The highest BCUT2D eigenvalue weighted by Gasteiger charge is 2.28. The molecule has 6 nitrogen and oxygen atoms in total. The Hall–Kier alpha value is -3.42. The Balaban J connectivity index is 1.24. The van der Waals surface area contributed by atoms with Crippen LogP contribution in [0.2, 0.25) is 5.02 Å². The molecule has 1 unspecified atom stereocenters. The number of anilines is 2. The van der Waals surface area contributed by atoms with Crippen molar-refractivity contribution in [3.8, 4) is 0 Å². The van der Waals surface area contributed by atoms with E-state index < -0.39 is 17.8 Å². The summed E-state index contributed by atoms with van der Waals surface area (Å²) in [6.07, 6.45) is 0.691. The fourth-order valence-corrected chi connectivity index (χ4v) is 4.56. The van der Waals surface area contributed by atoms with Crippen molar-refractivity contribution >= 4 is 34.8 Å². The molecule has 0 radical (unpaired) electrons. The van der Waals surface area contributed by atoms with Gasteiger partial charge in [-0.3, -0.25) is 9.59 Å². The number of nitrogens with one attached hydrogen (secondary N) is 1. The Bertz CT molecular complexity index is 1180. The molecule has 2 N–H and O–H groups in total. The largest absolute Gasteiger partial charge is 0.378 e. The van der Waals surface area contributed by atoms with Gasteiger partial charge in [0, 0.05) is 54.6 Å². The van der Waals surface area contributed by atoms with Crippen LogP contribution >= 0.6 is 11.6 Å². The molecule has 1 fully saturated rings. The molecule has 3 aromatic rings. The van der Waals surface area contributed by atoms with Crippen molar-refractivity contribution in [3.63, 3.8) is 0 Å². The predicted molar refractivity (Wildman–Crippen MR) is 140 cm³/mol. The number of carbonyl (C=O) groups is 2. The maximum atomic E-state index is 13.3. The van der Waals surface area contributed by atoms with Gasteiger partial charge in [0.2, 0.25) is 5.91 Å². The standard InChI is InChI=1S/C28H29ClFN3O3/c29-25-19-21(30)9-14-24(25)27(35)28(36)33-17-15-32(16-18-33)23-12-10-22(11-13-23)31-26(34)8-4-7-20-5-2-1-3-6-20/h1-3,5-6,9-14,19,27,35H,4,7-8,15-18H2,(H,31,34). The first-order chi connectivity index (χ1) is 17.4. The summed E-state index contributed by atoms with van der Waals surface area (Å²) >= 11 is 6.00. The number of carbonyl (C=O) groups excluding carboxylic acids is 2. The summed E-state index contributed by atoms with van der Waals surface area (Å²) in [6.45, 7) is 2.07. The number of aryl methyl sites for hydroxylation is 1. The fraction of sp³-hybridized carbons (Fsp3) is 0.286. The van der Waals surface area contributed by atoms with Crippen molar-refractivity contribution in [3.05, 3.63) is 94.8 Å². The number of rotatable bonds is 8. The zero-order chi connectivity index (χ0) is 25.5. The predicted octanol–water partition coefficient (Wildman–Crippen LogP) is 4.82. The van der Waals surface area contributed by atoms with E-state index in [9.17, 15) is 19.1 Å². The van der Waals surface area contributed by atoms with E-state index in [2.05, 4.69) is 22.3 Å². The van der Waals surface area contributed by atoms with Crippen LogP contribution in [0.5, 0.6) is 0 Å². The highest BCUT2D eigenvalue weighted by atomic mass is 35.5. The van der Waals surface area contributed by atoms with Gasteiger partial charge in [0.05, 0.1) is 0 Å². The van der Waals surface area contributed by atoms with Crippen molar-refractivity contribution in [2.45, 2.75) is 25.4 Å². The third-order valence-electron chi connectivity index (χ3n) is 6.31. The van der Waals surface area contributed by atoms with E-state index in [1.54, 1.807) is 4.90 Å². The Morgan fingerprint density at radius 1 is 0.972 bits per heavy atom. The lowest BCUT2D eigenvalue weighted by atomic mass is 10.1. The second-order valence-corrected chi connectivity index (χ2v) is 9.22.